The van der Waals surface area contributed by atoms with Crippen LogP contribution in [0.4, 0.5) is 11.4 Å². The molecule has 1 aromatic carbocycles. The van der Waals surface area contributed by atoms with Crippen molar-refractivity contribution in [1.82, 2.24) is 5.32 Å². The van der Waals surface area contributed by atoms with E-state index in [-0.39, 0.29) is 10.6 Å². The molecule has 98 valence electrons. The Morgan fingerprint density at radius 2 is 2.33 bits per heavy atom. The molecule has 0 saturated carbocycles. The summed E-state index contributed by atoms with van der Waals surface area (Å²) in [4.78, 5) is 12.8. The van der Waals surface area contributed by atoms with E-state index in [1.54, 1.807) is 12.1 Å². The highest BCUT2D eigenvalue weighted by Gasteiger charge is 2.23. The van der Waals surface area contributed by atoms with E-state index in [0.717, 1.165) is 37.3 Å². The van der Waals surface area contributed by atoms with E-state index in [4.69, 9.17) is 0 Å². The number of hydrogen-bond donors (Lipinski definition) is 1. The summed E-state index contributed by atoms with van der Waals surface area (Å²) >= 11 is 0. The van der Waals surface area contributed by atoms with Crippen LogP contribution in [0.15, 0.2) is 18.2 Å². The van der Waals surface area contributed by atoms with Gasteiger partial charge in [-0.05, 0) is 32.4 Å². The van der Waals surface area contributed by atoms with Crippen LogP contribution in [-0.4, -0.2) is 30.6 Å². The molecule has 1 aliphatic rings. The zero-order chi connectivity index (χ0) is 13.1. The van der Waals surface area contributed by atoms with E-state index >= 15 is 0 Å². The second-order valence-corrected chi connectivity index (χ2v) is 4.66. The summed E-state index contributed by atoms with van der Waals surface area (Å²) in [5.41, 5.74) is 2.25. The van der Waals surface area contributed by atoms with Gasteiger partial charge in [-0.1, -0.05) is 6.07 Å². The van der Waals surface area contributed by atoms with E-state index in [0.29, 0.717) is 6.04 Å². The minimum absolute atomic E-state index is 0.167. The van der Waals surface area contributed by atoms with Gasteiger partial charge in [0.1, 0.15) is 0 Å². The van der Waals surface area contributed by atoms with Gasteiger partial charge in [0.2, 0.25) is 0 Å². The van der Waals surface area contributed by atoms with Crippen molar-refractivity contribution in [2.75, 3.05) is 24.5 Å². The highest BCUT2D eigenvalue weighted by Crippen LogP contribution is 2.28. The van der Waals surface area contributed by atoms with Crippen LogP contribution in [0.2, 0.25) is 0 Å². The van der Waals surface area contributed by atoms with Crippen molar-refractivity contribution >= 4 is 11.4 Å². The number of anilines is 1. The van der Waals surface area contributed by atoms with Crippen molar-refractivity contribution < 1.29 is 4.92 Å². The number of nitrogens with zero attached hydrogens (tertiary/aromatic N) is 2. The summed E-state index contributed by atoms with van der Waals surface area (Å²) in [6, 6.07) is 5.53. The number of benzene rings is 1. The summed E-state index contributed by atoms with van der Waals surface area (Å²) in [5.74, 6) is 0. The smallest absolute Gasteiger partial charge is 0.271 e. The molecule has 18 heavy (non-hydrogen) atoms. The molecule has 0 amide bonds. The first-order valence-corrected chi connectivity index (χ1v) is 6.36. The molecule has 0 bridgehead atoms. The highest BCUT2D eigenvalue weighted by atomic mass is 16.6. The van der Waals surface area contributed by atoms with E-state index in [2.05, 4.69) is 17.1 Å². The van der Waals surface area contributed by atoms with Crippen molar-refractivity contribution in [3.05, 3.63) is 33.9 Å². The number of nitro groups is 1. The van der Waals surface area contributed by atoms with Crippen LogP contribution in [-0.2, 0) is 0 Å². The van der Waals surface area contributed by atoms with Crippen LogP contribution in [0.5, 0.6) is 0 Å². The monoisotopic (exact) mass is 249 g/mol. The summed E-state index contributed by atoms with van der Waals surface area (Å²) in [6.07, 6.45) is 1.09. The number of rotatable bonds is 4. The Morgan fingerprint density at radius 1 is 1.56 bits per heavy atom. The third kappa shape index (κ3) is 2.46. The van der Waals surface area contributed by atoms with Crippen molar-refractivity contribution in [3.8, 4) is 0 Å². The third-order valence-corrected chi connectivity index (χ3v) is 3.53. The Morgan fingerprint density at radius 3 is 2.89 bits per heavy atom. The van der Waals surface area contributed by atoms with Crippen molar-refractivity contribution in [2.45, 2.75) is 26.3 Å². The highest BCUT2D eigenvalue weighted by molar-refractivity contribution is 5.59. The first-order chi connectivity index (χ1) is 8.63. The molecule has 1 atom stereocenters. The molecule has 5 heteroatoms. The summed E-state index contributed by atoms with van der Waals surface area (Å²) in [5, 5.41) is 14.2. The number of non-ortho nitro benzene ring substituents is 1. The lowest BCUT2D eigenvalue weighted by atomic mass is 10.1. The zero-order valence-corrected chi connectivity index (χ0v) is 10.8. The Balaban J connectivity index is 2.34. The topological polar surface area (TPSA) is 58.4 Å². The van der Waals surface area contributed by atoms with Crippen LogP contribution >= 0.6 is 0 Å². The second-order valence-electron chi connectivity index (χ2n) is 4.66. The summed E-state index contributed by atoms with van der Waals surface area (Å²) in [6.45, 7) is 6.94. The van der Waals surface area contributed by atoms with E-state index < -0.39 is 0 Å². The SMILES string of the molecule is CCN(c1cc([N+](=O)[O-])ccc1C)C1CCNC1. The molecule has 2 rings (SSSR count). The number of aryl methyl sites for hydroxylation is 1. The predicted octanol–water partition coefficient (Wildman–Crippen LogP) is 2.09. The fraction of sp³-hybridized carbons (Fsp3) is 0.538. The molecule has 1 unspecified atom stereocenters. The molecule has 0 aliphatic carbocycles. The van der Waals surface area contributed by atoms with Gasteiger partial charge in [0.15, 0.2) is 0 Å². The molecule has 1 aliphatic heterocycles. The standard InChI is InChI=1S/C13H19N3O2/c1-3-15(12-6-7-14-9-12)13-8-11(16(17)18)5-4-10(13)2/h4-5,8,12,14H,3,6-7,9H2,1-2H3. The molecule has 0 spiro atoms. The van der Waals surface area contributed by atoms with Crippen molar-refractivity contribution in [3.63, 3.8) is 0 Å². The molecular formula is C13H19N3O2. The molecule has 0 radical (unpaired) electrons. The van der Waals surface area contributed by atoms with Crippen molar-refractivity contribution in [2.24, 2.45) is 0 Å². The van der Waals surface area contributed by atoms with Crippen LogP contribution in [0, 0.1) is 17.0 Å². The van der Waals surface area contributed by atoms with E-state index in [9.17, 15) is 10.1 Å². The van der Waals surface area contributed by atoms with Crippen LogP contribution in [0.25, 0.3) is 0 Å². The molecule has 1 saturated heterocycles. The van der Waals surface area contributed by atoms with Crippen LogP contribution in [0.3, 0.4) is 0 Å². The lowest BCUT2D eigenvalue weighted by Gasteiger charge is -2.30. The maximum atomic E-state index is 10.9. The maximum Gasteiger partial charge on any atom is 0.271 e. The van der Waals surface area contributed by atoms with Gasteiger partial charge in [-0.3, -0.25) is 10.1 Å². The average molecular weight is 249 g/mol. The minimum atomic E-state index is -0.330. The normalized spacial score (nSPS) is 18.9. The molecule has 0 aromatic heterocycles. The molecule has 5 nitrogen and oxygen atoms in total. The number of hydrogen-bond acceptors (Lipinski definition) is 4. The Hall–Kier alpha value is -1.62. The van der Waals surface area contributed by atoms with Gasteiger partial charge < -0.3 is 10.2 Å². The Kier molecular flexibility index (Phi) is 3.81. The van der Waals surface area contributed by atoms with Gasteiger partial charge in [0.25, 0.3) is 5.69 Å². The molecule has 1 N–H and O–H groups in total. The number of likely N-dealkylation sites (N-methyl/N-ethyl adjacent to an activating group) is 1. The second kappa shape index (κ2) is 5.35. The van der Waals surface area contributed by atoms with E-state index in [1.807, 2.05) is 13.0 Å². The maximum absolute atomic E-state index is 10.9. The van der Waals surface area contributed by atoms with Crippen molar-refractivity contribution in [1.29, 1.82) is 0 Å². The fourth-order valence-corrected chi connectivity index (χ4v) is 2.55. The van der Waals surface area contributed by atoms with Gasteiger partial charge >= 0.3 is 0 Å². The lowest BCUT2D eigenvalue weighted by molar-refractivity contribution is -0.384. The average Bonchev–Trinajstić information content (AvgIpc) is 2.86. The molecule has 1 heterocycles. The lowest BCUT2D eigenvalue weighted by Crippen LogP contribution is -2.37. The number of nitro benzene ring substituents is 1. The summed E-state index contributed by atoms with van der Waals surface area (Å²) < 4.78 is 0. The Labute approximate surface area is 107 Å². The minimum Gasteiger partial charge on any atom is -0.367 e. The largest absolute Gasteiger partial charge is 0.367 e. The van der Waals surface area contributed by atoms with Gasteiger partial charge in [-0.2, -0.15) is 0 Å². The fourth-order valence-electron chi connectivity index (χ4n) is 2.55. The number of nitrogens with one attached hydrogen (secondary N) is 1. The zero-order valence-electron chi connectivity index (χ0n) is 10.8. The first kappa shape index (κ1) is 12.8. The van der Waals surface area contributed by atoms with Gasteiger partial charge in [-0.25, -0.2) is 0 Å². The summed E-state index contributed by atoms with van der Waals surface area (Å²) in [7, 11) is 0. The third-order valence-electron chi connectivity index (χ3n) is 3.53. The van der Waals surface area contributed by atoms with Crippen LogP contribution < -0.4 is 10.2 Å². The van der Waals surface area contributed by atoms with E-state index in [1.165, 1.54) is 0 Å². The Bertz CT molecular complexity index is 442. The van der Waals surface area contributed by atoms with Gasteiger partial charge in [-0.15, -0.1) is 0 Å². The van der Waals surface area contributed by atoms with Gasteiger partial charge in [0, 0.05) is 37.0 Å². The molecular weight excluding hydrogens is 230 g/mol. The van der Waals surface area contributed by atoms with Gasteiger partial charge in [0.05, 0.1) is 4.92 Å². The molecule has 1 aromatic rings. The van der Waals surface area contributed by atoms with Crippen LogP contribution in [0.1, 0.15) is 18.9 Å². The first-order valence-electron chi connectivity index (χ1n) is 6.36. The predicted molar refractivity (Wildman–Crippen MR) is 72.1 cm³/mol. The quantitative estimate of drug-likeness (QED) is 0.655. The molecule has 1 fully saturated rings.